The summed E-state index contributed by atoms with van der Waals surface area (Å²) in [4.78, 5) is 11.5. The lowest BCUT2D eigenvalue weighted by Gasteiger charge is -2.27. The number of ketones is 1. The van der Waals surface area contributed by atoms with Gasteiger partial charge in [-0.3, -0.25) is 4.79 Å². The standard InChI is InChI=1S/C14H12N2O/c17-9-2-1-8-5-12-10(11(8)6-9)3-4-14-13(12)7-15-16-14/h1-3,5-6,12-14H,4,7H2. The van der Waals surface area contributed by atoms with E-state index in [0.29, 0.717) is 17.9 Å². The average molecular weight is 224 g/mol. The lowest BCUT2D eigenvalue weighted by molar-refractivity contribution is -0.110. The Morgan fingerprint density at radius 3 is 3.18 bits per heavy atom. The first-order valence-electron chi connectivity index (χ1n) is 6.06. The molecule has 0 saturated carbocycles. The van der Waals surface area contributed by atoms with Crippen molar-refractivity contribution >= 4 is 5.78 Å². The van der Waals surface area contributed by atoms with Gasteiger partial charge in [0.25, 0.3) is 0 Å². The van der Waals surface area contributed by atoms with Gasteiger partial charge >= 0.3 is 0 Å². The molecule has 0 aromatic carbocycles. The number of fused-ring (bicyclic) bond motifs is 5. The van der Waals surface area contributed by atoms with Gasteiger partial charge in [0, 0.05) is 11.8 Å². The molecule has 3 heteroatoms. The minimum absolute atomic E-state index is 0.0987. The fraction of sp³-hybridized carbons (Fsp3) is 0.357. The normalized spacial score (nSPS) is 37.1. The predicted octanol–water partition coefficient (Wildman–Crippen LogP) is 2.39. The molecule has 1 aliphatic heterocycles. The number of hydrogen-bond donors (Lipinski definition) is 0. The number of allylic oxidation sites excluding steroid dienone is 7. The van der Waals surface area contributed by atoms with Crippen LogP contribution in [0, 0.1) is 11.8 Å². The van der Waals surface area contributed by atoms with Gasteiger partial charge in [-0.05, 0) is 35.3 Å². The predicted molar refractivity (Wildman–Crippen MR) is 63.5 cm³/mol. The number of carbonyl (C=O) groups is 1. The van der Waals surface area contributed by atoms with Crippen molar-refractivity contribution < 1.29 is 4.79 Å². The van der Waals surface area contributed by atoms with E-state index >= 15 is 0 Å². The maximum Gasteiger partial charge on any atom is 0.179 e. The molecule has 0 aromatic rings. The third kappa shape index (κ3) is 1.19. The molecule has 17 heavy (non-hydrogen) atoms. The van der Waals surface area contributed by atoms with Crippen LogP contribution in [0.4, 0.5) is 0 Å². The summed E-state index contributed by atoms with van der Waals surface area (Å²) in [5, 5.41) is 8.48. The third-order valence-electron chi connectivity index (χ3n) is 4.11. The molecule has 0 spiro atoms. The van der Waals surface area contributed by atoms with Crippen LogP contribution in [-0.2, 0) is 4.79 Å². The van der Waals surface area contributed by atoms with Gasteiger partial charge in [0.1, 0.15) is 0 Å². The van der Waals surface area contributed by atoms with Crippen LogP contribution < -0.4 is 0 Å². The van der Waals surface area contributed by atoms with Crippen molar-refractivity contribution in [2.75, 3.05) is 6.54 Å². The fourth-order valence-electron chi connectivity index (χ4n) is 3.27. The Kier molecular flexibility index (Phi) is 1.71. The highest BCUT2D eigenvalue weighted by molar-refractivity contribution is 6.03. The van der Waals surface area contributed by atoms with Crippen molar-refractivity contribution in [2.45, 2.75) is 12.5 Å². The number of rotatable bonds is 0. The summed E-state index contributed by atoms with van der Waals surface area (Å²) in [7, 11) is 0. The quantitative estimate of drug-likeness (QED) is 0.623. The lowest BCUT2D eigenvalue weighted by atomic mass is 9.77. The molecule has 0 aromatic heterocycles. The maximum absolute atomic E-state index is 11.5. The minimum Gasteiger partial charge on any atom is -0.290 e. The molecule has 3 nitrogen and oxygen atoms in total. The van der Waals surface area contributed by atoms with E-state index in [0.717, 1.165) is 18.5 Å². The van der Waals surface area contributed by atoms with Crippen LogP contribution in [-0.4, -0.2) is 18.4 Å². The molecule has 1 heterocycles. The topological polar surface area (TPSA) is 41.8 Å². The van der Waals surface area contributed by atoms with Crippen LogP contribution in [0.2, 0.25) is 0 Å². The number of nitrogens with zero attached hydrogens (tertiary/aromatic N) is 2. The van der Waals surface area contributed by atoms with Gasteiger partial charge in [-0.15, -0.1) is 0 Å². The maximum atomic E-state index is 11.5. The smallest absolute Gasteiger partial charge is 0.179 e. The molecular weight excluding hydrogens is 212 g/mol. The van der Waals surface area contributed by atoms with E-state index in [-0.39, 0.29) is 5.78 Å². The monoisotopic (exact) mass is 224 g/mol. The molecule has 84 valence electrons. The van der Waals surface area contributed by atoms with E-state index in [1.54, 1.807) is 12.2 Å². The van der Waals surface area contributed by atoms with Crippen molar-refractivity contribution in [3.63, 3.8) is 0 Å². The Morgan fingerprint density at radius 2 is 2.24 bits per heavy atom. The van der Waals surface area contributed by atoms with Crippen LogP contribution in [0.3, 0.4) is 0 Å². The molecule has 3 unspecified atom stereocenters. The van der Waals surface area contributed by atoms with Crippen molar-refractivity contribution in [3.05, 3.63) is 47.1 Å². The molecule has 3 aliphatic carbocycles. The summed E-state index contributed by atoms with van der Waals surface area (Å²) in [5.41, 5.74) is 3.66. The highest BCUT2D eigenvalue weighted by Gasteiger charge is 2.41. The molecular formula is C14H12N2O. The van der Waals surface area contributed by atoms with Crippen molar-refractivity contribution in [2.24, 2.45) is 22.1 Å². The molecule has 4 aliphatic rings. The third-order valence-corrected chi connectivity index (χ3v) is 4.11. The SMILES string of the molecule is O=C1C=CC2=CC3C(=CCC4N=NCC43)C2=C1. The van der Waals surface area contributed by atoms with Crippen LogP contribution >= 0.6 is 0 Å². The zero-order valence-corrected chi connectivity index (χ0v) is 9.34. The lowest BCUT2D eigenvalue weighted by Crippen LogP contribution is -2.28. The Hall–Kier alpha value is -1.77. The summed E-state index contributed by atoms with van der Waals surface area (Å²) in [5.74, 6) is 1.03. The van der Waals surface area contributed by atoms with E-state index in [2.05, 4.69) is 22.4 Å². The van der Waals surface area contributed by atoms with E-state index in [4.69, 9.17) is 0 Å². The second kappa shape index (κ2) is 3.13. The minimum atomic E-state index is 0.0987. The van der Waals surface area contributed by atoms with Gasteiger partial charge in [0.15, 0.2) is 5.78 Å². The summed E-state index contributed by atoms with van der Waals surface area (Å²) in [6.45, 7) is 0.835. The second-order valence-corrected chi connectivity index (χ2v) is 5.01. The highest BCUT2D eigenvalue weighted by atomic mass is 16.1. The van der Waals surface area contributed by atoms with Crippen molar-refractivity contribution in [1.29, 1.82) is 0 Å². The van der Waals surface area contributed by atoms with E-state index < -0.39 is 0 Å². The highest BCUT2D eigenvalue weighted by Crippen LogP contribution is 2.47. The molecule has 0 saturated heterocycles. The van der Waals surface area contributed by atoms with E-state index in [9.17, 15) is 4.79 Å². The summed E-state index contributed by atoms with van der Waals surface area (Å²) >= 11 is 0. The zero-order valence-electron chi connectivity index (χ0n) is 9.34. The van der Waals surface area contributed by atoms with Crippen molar-refractivity contribution in [3.8, 4) is 0 Å². The van der Waals surface area contributed by atoms with Crippen LogP contribution in [0.15, 0.2) is 57.3 Å². The molecule has 4 rings (SSSR count). The second-order valence-electron chi connectivity index (χ2n) is 5.01. The fourth-order valence-corrected chi connectivity index (χ4v) is 3.27. The molecule has 0 N–H and O–H groups in total. The number of carbonyl (C=O) groups excluding carboxylic acids is 1. The first-order chi connectivity index (χ1) is 8.33. The van der Waals surface area contributed by atoms with Gasteiger partial charge < -0.3 is 0 Å². The van der Waals surface area contributed by atoms with Gasteiger partial charge in [-0.25, -0.2) is 0 Å². The Balaban J connectivity index is 1.81. The molecule has 0 radical (unpaired) electrons. The van der Waals surface area contributed by atoms with Crippen LogP contribution in [0.1, 0.15) is 6.42 Å². The van der Waals surface area contributed by atoms with Gasteiger partial charge in [0.05, 0.1) is 12.6 Å². The van der Waals surface area contributed by atoms with Gasteiger partial charge in [-0.1, -0.05) is 18.2 Å². The Bertz CT molecular complexity index is 563. The van der Waals surface area contributed by atoms with Crippen LogP contribution in [0.25, 0.3) is 0 Å². The molecule has 3 atom stereocenters. The average Bonchev–Trinajstić information content (AvgIpc) is 2.91. The Labute approximate surface area is 99.3 Å². The molecule has 0 bridgehead atoms. The summed E-state index contributed by atoms with van der Waals surface area (Å²) in [6.07, 6.45) is 10.9. The number of azo groups is 1. The summed E-state index contributed by atoms with van der Waals surface area (Å²) in [6, 6.07) is 0.362. The first-order valence-corrected chi connectivity index (χ1v) is 6.06. The Morgan fingerprint density at radius 1 is 1.29 bits per heavy atom. The van der Waals surface area contributed by atoms with Gasteiger partial charge in [-0.2, -0.15) is 10.2 Å². The van der Waals surface area contributed by atoms with E-state index in [1.807, 2.05) is 6.08 Å². The molecule has 0 amide bonds. The van der Waals surface area contributed by atoms with E-state index in [1.165, 1.54) is 11.1 Å². The van der Waals surface area contributed by atoms with Crippen LogP contribution in [0.5, 0.6) is 0 Å². The summed E-state index contributed by atoms with van der Waals surface area (Å²) < 4.78 is 0. The zero-order chi connectivity index (χ0) is 11.4. The first kappa shape index (κ1) is 9.28. The van der Waals surface area contributed by atoms with Crippen molar-refractivity contribution in [1.82, 2.24) is 0 Å². The molecule has 0 fully saturated rings. The largest absolute Gasteiger partial charge is 0.290 e. The van der Waals surface area contributed by atoms with Gasteiger partial charge in [0.2, 0.25) is 0 Å². The number of hydrogen-bond acceptors (Lipinski definition) is 3.